The minimum Gasteiger partial charge on any atom is -0.350 e. The average molecular weight is 223 g/mol. The van der Waals surface area contributed by atoms with Crippen molar-refractivity contribution < 1.29 is 13.2 Å². The Morgan fingerprint density at radius 2 is 1.86 bits per heavy atom. The highest BCUT2D eigenvalue weighted by molar-refractivity contribution is 7.86. The first-order valence-electron chi connectivity index (χ1n) is 4.07. The molecule has 0 bridgehead atoms. The lowest BCUT2D eigenvalue weighted by Gasteiger charge is -2.22. The van der Waals surface area contributed by atoms with Gasteiger partial charge >= 0.3 is 0 Å². The van der Waals surface area contributed by atoms with Crippen LogP contribution in [0.4, 0.5) is 0 Å². The fourth-order valence-electron chi connectivity index (χ4n) is 0.750. The molecule has 6 nitrogen and oxygen atoms in total. The Kier molecular flexibility index (Phi) is 4.04. The van der Waals surface area contributed by atoms with Crippen LogP contribution in [0.25, 0.3) is 0 Å². The second kappa shape index (κ2) is 4.24. The maximum Gasteiger partial charge on any atom is 0.277 e. The molecule has 0 aromatic carbocycles. The predicted molar refractivity (Wildman–Crippen MR) is 53.6 cm³/mol. The summed E-state index contributed by atoms with van der Waals surface area (Å²) < 4.78 is 22.3. The number of rotatable bonds is 3. The van der Waals surface area contributed by atoms with Gasteiger partial charge in [0.2, 0.25) is 5.91 Å². The van der Waals surface area contributed by atoms with Gasteiger partial charge in [-0.25, -0.2) is 5.14 Å². The number of carbonyl (C=O) groups is 1. The Bertz CT molecular complexity index is 305. The van der Waals surface area contributed by atoms with Gasteiger partial charge in [0.15, 0.2) is 0 Å². The molecule has 0 aromatic heterocycles. The molecule has 0 spiro atoms. The van der Waals surface area contributed by atoms with Crippen molar-refractivity contribution in [1.29, 1.82) is 0 Å². The summed E-state index contributed by atoms with van der Waals surface area (Å²) >= 11 is 0. The van der Waals surface area contributed by atoms with E-state index in [1.807, 2.05) is 20.8 Å². The maximum absolute atomic E-state index is 11.2. The maximum atomic E-state index is 11.2. The summed E-state index contributed by atoms with van der Waals surface area (Å²) in [5.41, 5.74) is -0.379. The summed E-state index contributed by atoms with van der Waals surface area (Å²) in [4.78, 5) is 11.2. The minimum atomic E-state index is -3.78. The molecular weight excluding hydrogens is 206 g/mol. The molecule has 7 heteroatoms. The number of amides is 1. The van der Waals surface area contributed by atoms with E-state index in [-0.39, 0.29) is 18.0 Å². The first-order valence-corrected chi connectivity index (χ1v) is 5.58. The van der Waals surface area contributed by atoms with Gasteiger partial charge < -0.3 is 5.32 Å². The smallest absolute Gasteiger partial charge is 0.277 e. The van der Waals surface area contributed by atoms with E-state index >= 15 is 0 Å². The SMILES string of the molecule is CN(CC(=O)NC(C)(C)C)S(N)(=O)=O. The quantitative estimate of drug-likeness (QED) is 0.645. The molecule has 0 aliphatic rings. The lowest BCUT2D eigenvalue weighted by atomic mass is 10.1. The number of hydrogen-bond acceptors (Lipinski definition) is 3. The lowest BCUT2D eigenvalue weighted by molar-refractivity contribution is -0.122. The van der Waals surface area contributed by atoms with E-state index < -0.39 is 10.2 Å². The molecule has 0 atom stereocenters. The van der Waals surface area contributed by atoms with E-state index in [0.29, 0.717) is 0 Å². The highest BCUT2D eigenvalue weighted by Crippen LogP contribution is 1.98. The largest absolute Gasteiger partial charge is 0.350 e. The van der Waals surface area contributed by atoms with Crippen molar-refractivity contribution in [2.24, 2.45) is 5.14 Å². The molecule has 0 radical (unpaired) electrons. The number of nitrogens with two attached hydrogens (primary N) is 1. The summed E-state index contributed by atoms with van der Waals surface area (Å²) in [6.07, 6.45) is 0. The highest BCUT2D eigenvalue weighted by Gasteiger charge is 2.19. The van der Waals surface area contributed by atoms with Crippen LogP contribution in [0.5, 0.6) is 0 Å². The van der Waals surface area contributed by atoms with Crippen LogP contribution in [0.3, 0.4) is 0 Å². The third kappa shape index (κ3) is 5.90. The van der Waals surface area contributed by atoms with Crippen LogP contribution in [-0.2, 0) is 15.0 Å². The van der Waals surface area contributed by atoms with E-state index in [4.69, 9.17) is 5.14 Å². The molecule has 0 unspecified atom stereocenters. The Morgan fingerprint density at radius 3 is 2.14 bits per heavy atom. The number of likely N-dealkylation sites (N-methyl/N-ethyl adjacent to an activating group) is 1. The van der Waals surface area contributed by atoms with Gasteiger partial charge in [-0.3, -0.25) is 4.79 Å². The van der Waals surface area contributed by atoms with Gasteiger partial charge in [0.05, 0.1) is 6.54 Å². The fourth-order valence-corrected chi connectivity index (χ4v) is 1.05. The molecule has 3 N–H and O–H groups in total. The van der Waals surface area contributed by atoms with Crippen molar-refractivity contribution in [3.05, 3.63) is 0 Å². The van der Waals surface area contributed by atoms with Crippen LogP contribution < -0.4 is 10.5 Å². The topological polar surface area (TPSA) is 92.5 Å². The molecule has 1 amide bonds. The van der Waals surface area contributed by atoms with Crippen molar-refractivity contribution in [3.63, 3.8) is 0 Å². The van der Waals surface area contributed by atoms with Crippen molar-refractivity contribution in [3.8, 4) is 0 Å². The second-order valence-corrected chi connectivity index (χ2v) is 5.75. The first-order chi connectivity index (χ1) is 6.02. The first kappa shape index (κ1) is 13.3. The molecule has 0 fully saturated rings. The predicted octanol–water partition coefficient (Wildman–Crippen LogP) is -0.964. The minimum absolute atomic E-state index is 0.268. The standard InChI is InChI=1S/C7H17N3O3S/c1-7(2,3)9-6(11)5-10(4)14(8,12)13/h5H2,1-4H3,(H,9,11)(H2,8,12,13). The zero-order valence-electron chi connectivity index (χ0n) is 8.86. The summed E-state index contributed by atoms with van der Waals surface area (Å²) in [7, 11) is -2.53. The van der Waals surface area contributed by atoms with Crippen LogP contribution >= 0.6 is 0 Å². The molecule has 0 aromatic rings. The van der Waals surface area contributed by atoms with Crippen molar-refractivity contribution in [2.45, 2.75) is 26.3 Å². The number of nitrogens with zero attached hydrogens (tertiary/aromatic N) is 1. The Labute approximate surface area is 84.6 Å². The van der Waals surface area contributed by atoms with Crippen LogP contribution in [0.2, 0.25) is 0 Å². The lowest BCUT2D eigenvalue weighted by Crippen LogP contribution is -2.47. The van der Waals surface area contributed by atoms with E-state index in [0.717, 1.165) is 4.31 Å². The summed E-state index contributed by atoms with van der Waals surface area (Å²) in [6.45, 7) is 5.15. The van der Waals surface area contributed by atoms with Gasteiger partial charge in [0, 0.05) is 12.6 Å². The van der Waals surface area contributed by atoms with Gasteiger partial charge in [0.25, 0.3) is 10.2 Å². The van der Waals surface area contributed by atoms with E-state index in [2.05, 4.69) is 5.32 Å². The van der Waals surface area contributed by atoms with Crippen LogP contribution in [0.1, 0.15) is 20.8 Å². The van der Waals surface area contributed by atoms with Gasteiger partial charge in [-0.2, -0.15) is 12.7 Å². The molecule has 0 rings (SSSR count). The molecule has 0 saturated carbocycles. The summed E-state index contributed by atoms with van der Waals surface area (Å²) in [6, 6.07) is 0. The zero-order valence-corrected chi connectivity index (χ0v) is 9.68. The van der Waals surface area contributed by atoms with Crippen molar-refractivity contribution >= 4 is 16.1 Å². The molecular formula is C7H17N3O3S. The van der Waals surface area contributed by atoms with Crippen LogP contribution in [0.15, 0.2) is 0 Å². The van der Waals surface area contributed by atoms with E-state index in [1.54, 1.807) is 0 Å². The van der Waals surface area contributed by atoms with Gasteiger partial charge in [-0.1, -0.05) is 0 Å². The van der Waals surface area contributed by atoms with Crippen LogP contribution in [0, 0.1) is 0 Å². The average Bonchev–Trinajstić information content (AvgIpc) is 1.79. The monoisotopic (exact) mass is 223 g/mol. The summed E-state index contributed by atoms with van der Waals surface area (Å²) in [5.74, 6) is -0.381. The molecule has 0 saturated heterocycles. The summed E-state index contributed by atoms with van der Waals surface area (Å²) in [5, 5.41) is 7.43. The van der Waals surface area contributed by atoms with E-state index in [1.165, 1.54) is 7.05 Å². The Hall–Kier alpha value is -0.660. The van der Waals surface area contributed by atoms with Crippen LogP contribution in [-0.4, -0.2) is 37.8 Å². The van der Waals surface area contributed by atoms with Crippen molar-refractivity contribution in [1.82, 2.24) is 9.62 Å². The van der Waals surface area contributed by atoms with Gasteiger partial charge in [0.1, 0.15) is 0 Å². The van der Waals surface area contributed by atoms with E-state index in [9.17, 15) is 13.2 Å². The zero-order chi connectivity index (χ0) is 11.6. The molecule has 84 valence electrons. The van der Waals surface area contributed by atoms with Gasteiger partial charge in [-0.05, 0) is 20.8 Å². The molecule has 0 heterocycles. The fraction of sp³-hybridized carbons (Fsp3) is 0.857. The molecule has 0 aliphatic heterocycles. The molecule has 0 aliphatic carbocycles. The Morgan fingerprint density at radius 1 is 1.43 bits per heavy atom. The number of hydrogen-bond donors (Lipinski definition) is 2. The van der Waals surface area contributed by atoms with Crippen molar-refractivity contribution in [2.75, 3.05) is 13.6 Å². The highest BCUT2D eigenvalue weighted by atomic mass is 32.2. The molecule has 14 heavy (non-hydrogen) atoms. The normalized spacial score (nSPS) is 13.0. The van der Waals surface area contributed by atoms with Gasteiger partial charge in [-0.15, -0.1) is 0 Å². The third-order valence-electron chi connectivity index (χ3n) is 1.32. The third-order valence-corrected chi connectivity index (χ3v) is 2.31. The number of nitrogens with one attached hydrogen (secondary N) is 1. The second-order valence-electron chi connectivity index (χ2n) is 4.10. The Balaban J connectivity index is 4.23. The number of carbonyl (C=O) groups excluding carboxylic acids is 1.